The standard InChI is InChI=1S/C18H22N6O/c1-12(13-6-3-2-4-7-13)15-10-16-21-18(22-17(19)24(16)23-15)25-14-8-5-9-20-11-14/h2-4,6-7,10,12,14,20H,5,8-9,11H2,1H3,(H2,19,21,22)/t12-,14?/m0/s1. The number of nitrogens with one attached hydrogen (secondary N) is 1. The summed E-state index contributed by atoms with van der Waals surface area (Å²) in [5, 5.41) is 7.89. The van der Waals surface area contributed by atoms with E-state index in [1.54, 1.807) is 4.52 Å². The highest BCUT2D eigenvalue weighted by Gasteiger charge is 2.19. The number of nitrogen functional groups attached to an aromatic ring is 1. The molecule has 0 amide bonds. The molecule has 7 nitrogen and oxygen atoms in total. The highest BCUT2D eigenvalue weighted by Crippen LogP contribution is 2.24. The number of hydrogen-bond donors (Lipinski definition) is 2. The van der Waals surface area contributed by atoms with E-state index in [4.69, 9.17) is 10.5 Å². The Labute approximate surface area is 146 Å². The lowest BCUT2D eigenvalue weighted by Gasteiger charge is -2.22. The SMILES string of the molecule is C[C@@H](c1ccccc1)c1cc2nc(OC3CCCNC3)nc(N)n2n1. The second kappa shape index (κ2) is 6.68. The lowest BCUT2D eigenvalue weighted by molar-refractivity contribution is 0.153. The number of benzene rings is 1. The molecule has 4 rings (SSSR count). The minimum absolute atomic E-state index is 0.0845. The largest absolute Gasteiger partial charge is 0.459 e. The summed E-state index contributed by atoms with van der Waals surface area (Å²) in [5.74, 6) is 0.435. The van der Waals surface area contributed by atoms with Crippen LogP contribution in [0.2, 0.25) is 0 Å². The molecule has 7 heteroatoms. The van der Waals surface area contributed by atoms with Gasteiger partial charge < -0.3 is 15.8 Å². The molecular formula is C18H22N6O. The van der Waals surface area contributed by atoms with Crippen LogP contribution >= 0.6 is 0 Å². The molecule has 1 unspecified atom stereocenters. The molecule has 1 aromatic carbocycles. The smallest absolute Gasteiger partial charge is 0.322 e. The van der Waals surface area contributed by atoms with Crippen LogP contribution in [0.5, 0.6) is 6.01 Å². The number of nitrogens with two attached hydrogens (primary N) is 1. The van der Waals surface area contributed by atoms with Gasteiger partial charge in [0.25, 0.3) is 0 Å². The zero-order valence-corrected chi connectivity index (χ0v) is 14.2. The van der Waals surface area contributed by atoms with E-state index in [2.05, 4.69) is 39.4 Å². The Morgan fingerprint density at radius 1 is 1.28 bits per heavy atom. The van der Waals surface area contributed by atoms with Crippen LogP contribution in [0.25, 0.3) is 5.65 Å². The third kappa shape index (κ3) is 3.28. The summed E-state index contributed by atoms with van der Waals surface area (Å²) in [4.78, 5) is 8.74. The average molecular weight is 338 g/mol. The second-order valence-corrected chi connectivity index (χ2v) is 6.42. The number of aromatic nitrogens is 4. The molecule has 130 valence electrons. The molecule has 0 aliphatic carbocycles. The molecule has 2 aromatic heterocycles. The minimum atomic E-state index is 0.0845. The number of fused-ring (bicyclic) bond motifs is 1. The number of nitrogens with zero attached hydrogens (tertiary/aromatic N) is 4. The maximum Gasteiger partial charge on any atom is 0.322 e. The third-order valence-electron chi connectivity index (χ3n) is 4.61. The van der Waals surface area contributed by atoms with E-state index in [0.29, 0.717) is 11.7 Å². The maximum atomic E-state index is 6.07. The van der Waals surface area contributed by atoms with E-state index in [0.717, 1.165) is 31.6 Å². The van der Waals surface area contributed by atoms with E-state index >= 15 is 0 Å². The summed E-state index contributed by atoms with van der Waals surface area (Å²) >= 11 is 0. The van der Waals surface area contributed by atoms with Gasteiger partial charge in [-0.05, 0) is 24.9 Å². The Morgan fingerprint density at radius 3 is 2.88 bits per heavy atom. The number of rotatable bonds is 4. The van der Waals surface area contributed by atoms with Crippen LogP contribution < -0.4 is 15.8 Å². The Hall–Kier alpha value is -2.67. The lowest BCUT2D eigenvalue weighted by Crippen LogP contribution is -2.37. The number of anilines is 1. The monoisotopic (exact) mass is 338 g/mol. The summed E-state index contributed by atoms with van der Waals surface area (Å²) in [7, 11) is 0. The molecule has 2 atom stereocenters. The Morgan fingerprint density at radius 2 is 2.12 bits per heavy atom. The predicted molar refractivity (Wildman–Crippen MR) is 95.7 cm³/mol. The average Bonchev–Trinajstić information content (AvgIpc) is 3.07. The minimum Gasteiger partial charge on any atom is -0.459 e. The van der Waals surface area contributed by atoms with E-state index in [1.807, 2.05) is 24.3 Å². The summed E-state index contributed by atoms with van der Waals surface area (Å²) in [5.41, 5.74) is 8.83. The van der Waals surface area contributed by atoms with Crippen molar-refractivity contribution in [3.63, 3.8) is 0 Å². The van der Waals surface area contributed by atoms with Crippen molar-refractivity contribution in [3.05, 3.63) is 47.7 Å². The van der Waals surface area contributed by atoms with Crippen LogP contribution in [0.3, 0.4) is 0 Å². The van der Waals surface area contributed by atoms with Gasteiger partial charge in [-0.3, -0.25) is 0 Å². The molecule has 1 aliphatic rings. The van der Waals surface area contributed by atoms with Crippen LogP contribution in [-0.2, 0) is 0 Å². The molecule has 0 radical (unpaired) electrons. The first-order valence-electron chi connectivity index (χ1n) is 8.66. The van der Waals surface area contributed by atoms with Crippen molar-refractivity contribution in [2.24, 2.45) is 0 Å². The first-order valence-corrected chi connectivity index (χ1v) is 8.66. The highest BCUT2D eigenvalue weighted by atomic mass is 16.5. The van der Waals surface area contributed by atoms with Gasteiger partial charge in [0.1, 0.15) is 6.10 Å². The molecule has 0 saturated carbocycles. The summed E-state index contributed by atoms with van der Waals surface area (Å²) < 4.78 is 7.46. The normalized spacial score (nSPS) is 19.0. The maximum absolute atomic E-state index is 6.07. The van der Waals surface area contributed by atoms with E-state index in [1.165, 1.54) is 5.56 Å². The summed E-state index contributed by atoms with van der Waals surface area (Å²) in [6, 6.07) is 12.5. The number of hydrogen-bond acceptors (Lipinski definition) is 6. The molecule has 0 bridgehead atoms. The third-order valence-corrected chi connectivity index (χ3v) is 4.61. The first kappa shape index (κ1) is 15.8. The van der Waals surface area contributed by atoms with Crippen molar-refractivity contribution >= 4 is 11.6 Å². The van der Waals surface area contributed by atoms with Gasteiger partial charge in [0.2, 0.25) is 5.95 Å². The fourth-order valence-corrected chi connectivity index (χ4v) is 3.15. The fraction of sp³-hybridized carbons (Fsp3) is 0.389. The molecule has 0 spiro atoms. The molecular weight excluding hydrogens is 316 g/mol. The van der Waals surface area contributed by atoms with Crippen molar-refractivity contribution in [1.29, 1.82) is 0 Å². The first-order chi connectivity index (χ1) is 12.2. The second-order valence-electron chi connectivity index (χ2n) is 6.42. The van der Waals surface area contributed by atoms with Crippen molar-refractivity contribution in [1.82, 2.24) is 24.9 Å². The molecule has 25 heavy (non-hydrogen) atoms. The highest BCUT2D eigenvalue weighted by molar-refractivity contribution is 5.47. The summed E-state index contributed by atoms with van der Waals surface area (Å²) in [6.07, 6.45) is 2.17. The van der Waals surface area contributed by atoms with Crippen LogP contribution in [-0.4, -0.2) is 38.8 Å². The number of piperidine rings is 1. The van der Waals surface area contributed by atoms with Crippen LogP contribution in [0, 0.1) is 0 Å². The van der Waals surface area contributed by atoms with Crippen molar-refractivity contribution in [2.75, 3.05) is 18.8 Å². The molecule has 1 aliphatic heterocycles. The molecule has 3 aromatic rings. The van der Waals surface area contributed by atoms with Crippen LogP contribution in [0.4, 0.5) is 5.95 Å². The van der Waals surface area contributed by atoms with Crippen LogP contribution in [0.1, 0.15) is 36.9 Å². The van der Waals surface area contributed by atoms with Crippen molar-refractivity contribution in [3.8, 4) is 6.01 Å². The van der Waals surface area contributed by atoms with Crippen molar-refractivity contribution in [2.45, 2.75) is 31.8 Å². The topological polar surface area (TPSA) is 90.4 Å². The van der Waals surface area contributed by atoms with E-state index in [9.17, 15) is 0 Å². The Balaban J connectivity index is 1.62. The zero-order chi connectivity index (χ0) is 17.2. The zero-order valence-electron chi connectivity index (χ0n) is 14.2. The van der Waals surface area contributed by atoms with Crippen molar-refractivity contribution < 1.29 is 4.74 Å². The molecule has 1 saturated heterocycles. The van der Waals surface area contributed by atoms with Gasteiger partial charge >= 0.3 is 6.01 Å². The molecule has 1 fully saturated rings. The van der Waals surface area contributed by atoms with Gasteiger partial charge in [-0.15, -0.1) is 0 Å². The van der Waals surface area contributed by atoms with Gasteiger partial charge in [0.05, 0.1) is 5.69 Å². The fourth-order valence-electron chi connectivity index (χ4n) is 3.15. The molecule has 3 N–H and O–H groups in total. The van der Waals surface area contributed by atoms with E-state index < -0.39 is 0 Å². The Bertz CT molecular complexity index is 857. The quantitative estimate of drug-likeness (QED) is 0.756. The predicted octanol–water partition coefficient (Wildman–Crippen LogP) is 1.99. The van der Waals surface area contributed by atoms with Gasteiger partial charge in [-0.2, -0.15) is 19.6 Å². The van der Waals surface area contributed by atoms with Gasteiger partial charge in [0, 0.05) is 18.5 Å². The summed E-state index contributed by atoms with van der Waals surface area (Å²) in [6.45, 7) is 3.96. The lowest BCUT2D eigenvalue weighted by atomic mass is 9.98. The number of ether oxygens (including phenoxy) is 1. The van der Waals surface area contributed by atoms with Gasteiger partial charge in [0.15, 0.2) is 5.65 Å². The van der Waals surface area contributed by atoms with E-state index in [-0.39, 0.29) is 18.0 Å². The van der Waals surface area contributed by atoms with Gasteiger partial charge in [-0.25, -0.2) is 0 Å². The molecule has 3 heterocycles. The van der Waals surface area contributed by atoms with Crippen LogP contribution in [0.15, 0.2) is 36.4 Å². The van der Waals surface area contributed by atoms with Gasteiger partial charge in [-0.1, -0.05) is 37.3 Å². The Kier molecular flexibility index (Phi) is 4.23.